The molecule has 0 aliphatic carbocycles. The Morgan fingerprint density at radius 1 is 1.14 bits per heavy atom. The summed E-state index contributed by atoms with van der Waals surface area (Å²) in [7, 11) is 1.42. The number of halogens is 2. The quantitative estimate of drug-likeness (QED) is 0.494. The van der Waals surface area contributed by atoms with Crippen LogP contribution in [-0.4, -0.2) is 24.1 Å². The zero-order chi connectivity index (χ0) is 21.0. The molecule has 1 amide bonds. The van der Waals surface area contributed by atoms with Gasteiger partial charge in [0.05, 0.1) is 28.4 Å². The number of carboxylic acids is 1. The normalized spacial score (nSPS) is 10.9. The zero-order valence-corrected chi connectivity index (χ0v) is 16.6. The van der Waals surface area contributed by atoms with Crippen molar-refractivity contribution in [2.24, 2.45) is 0 Å². The molecule has 0 bridgehead atoms. The molecule has 29 heavy (non-hydrogen) atoms. The van der Waals surface area contributed by atoms with E-state index in [4.69, 9.17) is 37.5 Å². The van der Waals surface area contributed by atoms with Gasteiger partial charge in [-0.3, -0.25) is 4.79 Å². The van der Waals surface area contributed by atoms with Crippen LogP contribution in [0, 0.1) is 0 Å². The number of methoxy groups -OCH3 is 1. The van der Waals surface area contributed by atoms with Crippen LogP contribution >= 0.6 is 23.2 Å². The van der Waals surface area contributed by atoms with E-state index in [1.165, 1.54) is 37.5 Å². The maximum atomic E-state index is 12.2. The van der Waals surface area contributed by atoms with E-state index in [0.29, 0.717) is 32.9 Å². The molecule has 2 aromatic carbocycles. The van der Waals surface area contributed by atoms with Crippen molar-refractivity contribution in [3.63, 3.8) is 0 Å². The molecule has 0 aliphatic heterocycles. The Labute approximate surface area is 176 Å². The van der Waals surface area contributed by atoms with Crippen molar-refractivity contribution in [3.8, 4) is 17.1 Å². The van der Waals surface area contributed by atoms with Gasteiger partial charge in [0.1, 0.15) is 17.3 Å². The highest BCUT2D eigenvalue weighted by molar-refractivity contribution is 6.43. The van der Waals surface area contributed by atoms with Crippen molar-refractivity contribution < 1.29 is 23.8 Å². The van der Waals surface area contributed by atoms with E-state index in [1.54, 1.807) is 30.3 Å². The molecular formula is C21H15Cl2NO5. The summed E-state index contributed by atoms with van der Waals surface area (Å²) in [6, 6.07) is 12.8. The molecule has 0 spiro atoms. The lowest BCUT2D eigenvalue weighted by Crippen LogP contribution is -2.10. The fourth-order valence-corrected chi connectivity index (χ4v) is 2.95. The number of aromatic carboxylic acids is 1. The van der Waals surface area contributed by atoms with Crippen LogP contribution in [0.5, 0.6) is 5.75 Å². The van der Waals surface area contributed by atoms with Crippen LogP contribution in [0.4, 0.5) is 5.69 Å². The lowest BCUT2D eigenvalue weighted by atomic mass is 10.2. The van der Waals surface area contributed by atoms with Crippen molar-refractivity contribution in [1.82, 2.24) is 0 Å². The van der Waals surface area contributed by atoms with Gasteiger partial charge in [0.25, 0.3) is 0 Å². The Kier molecular flexibility index (Phi) is 6.26. The van der Waals surface area contributed by atoms with Gasteiger partial charge in [-0.25, -0.2) is 4.79 Å². The highest BCUT2D eigenvalue weighted by atomic mass is 35.5. The minimum Gasteiger partial charge on any atom is -0.495 e. The summed E-state index contributed by atoms with van der Waals surface area (Å²) in [6.07, 6.45) is 2.74. The predicted molar refractivity (Wildman–Crippen MR) is 112 cm³/mol. The third kappa shape index (κ3) is 4.80. The summed E-state index contributed by atoms with van der Waals surface area (Å²) in [4.78, 5) is 23.3. The molecule has 6 nitrogen and oxygen atoms in total. The second kappa shape index (κ2) is 8.86. The van der Waals surface area contributed by atoms with Crippen molar-refractivity contribution in [3.05, 3.63) is 76.0 Å². The molecule has 2 N–H and O–H groups in total. The summed E-state index contributed by atoms with van der Waals surface area (Å²) in [5.74, 6) is -0.315. The van der Waals surface area contributed by atoms with E-state index in [1.807, 2.05) is 0 Å². The molecule has 0 unspecified atom stereocenters. The number of nitrogens with one attached hydrogen (secondary N) is 1. The number of hydrogen-bond acceptors (Lipinski definition) is 4. The van der Waals surface area contributed by atoms with Crippen molar-refractivity contribution in [2.45, 2.75) is 0 Å². The van der Waals surface area contributed by atoms with Crippen LogP contribution in [0.15, 0.2) is 59.0 Å². The van der Waals surface area contributed by atoms with Crippen LogP contribution in [0.25, 0.3) is 17.4 Å². The number of hydrogen-bond donors (Lipinski definition) is 2. The first kappa shape index (κ1) is 20.5. The van der Waals surface area contributed by atoms with Crippen LogP contribution in [0.2, 0.25) is 10.0 Å². The summed E-state index contributed by atoms with van der Waals surface area (Å²) >= 11 is 12.2. The third-order valence-corrected chi connectivity index (χ3v) is 4.77. The zero-order valence-electron chi connectivity index (χ0n) is 15.1. The average Bonchev–Trinajstić information content (AvgIpc) is 3.17. The molecule has 0 atom stereocenters. The Hall–Kier alpha value is -3.22. The predicted octanol–water partition coefficient (Wildman–Crippen LogP) is 5.61. The third-order valence-electron chi connectivity index (χ3n) is 3.95. The van der Waals surface area contributed by atoms with Crippen molar-refractivity contribution in [1.29, 1.82) is 0 Å². The number of rotatable bonds is 6. The molecule has 1 aromatic heterocycles. The summed E-state index contributed by atoms with van der Waals surface area (Å²) < 4.78 is 10.8. The van der Waals surface area contributed by atoms with E-state index in [0.717, 1.165) is 0 Å². The van der Waals surface area contributed by atoms with Gasteiger partial charge in [-0.05, 0) is 48.5 Å². The van der Waals surface area contributed by atoms with Gasteiger partial charge in [0.2, 0.25) is 5.91 Å². The summed E-state index contributed by atoms with van der Waals surface area (Å²) in [5.41, 5.74) is 0.908. The minimum atomic E-state index is -1.11. The molecule has 0 saturated heterocycles. The SMILES string of the molecule is COc1ccc(C(=O)O)cc1NC(=O)/C=C/c1ccc(-c2cccc(Cl)c2Cl)o1. The van der Waals surface area contributed by atoms with Gasteiger partial charge in [-0.15, -0.1) is 0 Å². The van der Waals surface area contributed by atoms with Gasteiger partial charge < -0.3 is 19.6 Å². The van der Waals surface area contributed by atoms with Gasteiger partial charge in [-0.2, -0.15) is 0 Å². The second-order valence-electron chi connectivity index (χ2n) is 5.85. The first-order valence-electron chi connectivity index (χ1n) is 8.33. The number of benzene rings is 2. The van der Waals surface area contributed by atoms with Gasteiger partial charge in [0.15, 0.2) is 0 Å². The molecule has 0 saturated carbocycles. The Morgan fingerprint density at radius 3 is 2.66 bits per heavy atom. The molecule has 3 aromatic rings. The fraction of sp³-hybridized carbons (Fsp3) is 0.0476. The maximum absolute atomic E-state index is 12.2. The first-order valence-corrected chi connectivity index (χ1v) is 9.09. The van der Waals surface area contributed by atoms with E-state index in [9.17, 15) is 9.59 Å². The second-order valence-corrected chi connectivity index (χ2v) is 6.63. The topological polar surface area (TPSA) is 88.8 Å². The summed E-state index contributed by atoms with van der Waals surface area (Å²) in [5, 5.41) is 12.5. The lowest BCUT2D eigenvalue weighted by Gasteiger charge is -2.09. The molecule has 0 aliphatic rings. The maximum Gasteiger partial charge on any atom is 0.335 e. The first-order chi connectivity index (χ1) is 13.9. The van der Waals surface area contributed by atoms with Gasteiger partial charge in [0, 0.05) is 11.6 Å². The van der Waals surface area contributed by atoms with Crippen LogP contribution in [0.1, 0.15) is 16.1 Å². The number of furan rings is 1. The van der Waals surface area contributed by atoms with E-state index < -0.39 is 11.9 Å². The van der Waals surface area contributed by atoms with Crippen LogP contribution < -0.4 is 10.1 Å². The number of amides is 1. The van der Waals surface area contributed by atoms with Crippen molar-refractivity contribution in [2.75, 3.05) is 12.4 Å². The number of carbonyl (C=O) groups is 2. The van der Waals surface area contributed by atoms with Crippen LogP contribution in [-0.2, 0) is 4.79 Å². The van der Waals surface area contributed by atoms with E-state index in [-0.39, 0.29) is 11.3 Å². The van der Waals surface area contributed by atoms with E-state index >= 15 is 0 Å². The van der Waals surface area contributed by atoms with Gasteiger partial charge >= 0.3 is 5.97 Å². The molecule has 0 radical (unpaired) electrons. The average molecular weight is 432 g/mol. The smallest absolute Gasteiger partial charge is 0.335 e. The lowest BCUT2D eigenvalue weighted by molar-refractivity contribution is -0.111. The van der Waals surface area contributed by atoms with Crippen molar-refractivity contribution >= 4 is 46.8 Å². The number of anilines is 1. The Bertz CT molecular complexity index is 1100. The standard InChI is InChI=1S/C21H15Cl2NO5/c1-28-18-8-5-12(21(26)27)11-16(18)24-19(25)10-7-13-6-9-17(29-13)14-3-2-4-15(22)20(14)23/h2-11H,1H3,(H,24,25)(H,26,27)/b10-7+. The highest BCUT2D eigenvalue weighted by Gasteiger charge is 2.12. The number of carbonyl (C=O) groups excluding carboxylic acids is 1. The molecular weight excluding hydrogens is 417 g/mol. The molecule has 148 valence electrons. The van der Waals surface area contributed by atoms with Gasteiger partial charge in [-0.1, -0.05) is 29.3 Å². The molecule has 3 rings (SSSR count). The monoisotopic (exact) mass is 431 g/mol. The largest absolute Gasteiger partial charge is 0.495 e. The molecule has 1 heterocycles. The highest BCUT2D eigenvalue weighted by Crippen LogP contribution is 2.34. The fourth-order valence-electron chi connectivity index (χ4n) is 2.55. The minimum absolute atomic E-state index is 0.0270. The molecule has 8 heteroatoms. The van der Waals surface area contributed by atoms with E-state index in [2.05, 4.69) is 5.32 Å². The number of ether oxygens (including phenoxy) is 1. The Balaban J connectivity index is 1.75. The molecule has 0 fully saturated rings. The summed E-state index contributed by atoms with van der Waals surface area (Å²) in [6.45, 7) is 0. The Morgan fingerprint density at radius 2 is 1.93 bits per heavy atom. The number of carboxylic acid groups (broad SMARTS) is 1. The van der Waals surface area contributed by atoms with Crippen LogP contribution in [0.3, 0.4) is 0 Å².